The Morgan fingerprint density at radius 1 is 0.871 bits per heavy atom. The van der Waals surface area contributed by atoms with E-state index in [-0.39, 0.29) is 24.3 Å². The second-order valence-corrected chi connectivity index (χ2v) is 8.47. The molecule has 3 aliphatic carbocycles. The summed E-state index contributed by atoms with van der Waals surface area (Å²) < 4.78 is 5.46. The number of imide groups is 1. The highest BCUT2D eigenvalue weighted by molar-refractivity contribution is 6.24. The molecule has 5 heteroatoms. The van der Waals surface area contributed by atoms with Crippen molar-refractivity contribution in [2.24, 2.45) is 11.8 Å². The van der Waals surface area contributed by atoms with Crippen molar-refractivity contribution in [1.29, 1.82) is 0 Å². The van der Waals surface area contributed by atoms with Crippen LogP contribution in [0.25, 0.3) is 0 Å². The molecule has 1 saturated heterocycles. The third kappa shape index (κ3) is 2.04. The van der Waals surface area contributed by atoms with Gasteiger partial charge in [-0.15, -0.1) is 0 Å². The van der Waals surface area contributed by atoms with E-state index in [9.17, 15) is 14.7 Å². The standard InChI is InChI=1S/C26H21NO4/c1-31-20-13-7-6-12-19(20)27-24(29)22-21-15-8-2-4-10-17(15)26(14-28,23(22)25(27)30)18-11-5-3-9-16(18)21/h2-13,21-23,28H,14H2,1H3. The summed E-state index contributed by atoms with van der Waals surface area (Å²) in [5, 5.41) is 10.9. The van der Waals surface area contributed by atoms with Gasteiger partial charge in [-0.2, -0.15) is 0 Å². The van der Waals surface area contributed by atoms with E-state index in [0.717, 1.165) is 22.3 Å². The molecule has 0 spiro atoms. The molecule has 31 heavy (non-hydrogen) atoms. The first-order chi connectivity index (χ1) is 15.1. The lowest BCUT2D eigenvalue weighted by atomic mass is 9.47. The molecular formula is C26H21NO4. The molecule has 2 bridgehead atoms. The van der Waals surface area contributed by atoms with Crippen molar-refractivity contribution in [2.45, 2.75) is 11.3 Å². The Hall–Kier alpha value is -3.44. The van der Waals surface area contributed by atoms with Crippen molar-refractivity contribution < 1.29 is 19.4 Å². The minimum Gasteiger partial charge on any atom is -0.495 e. The first-order valence-electron chi connectivity index (χ1n) is 10.5. The van der Waals surface area contributed by atoms with E-state index < -0.39 is 17.3 Å². The Balaban J connectivity index is 1.64. The molecular weight excluding hydrogens is 390 g/mol. The average molecular weight is 411 g/mol. The molecule has 154 valence electrons. The Morgan fingerprint density at radius 2 is 1.45 bits per heavy atom. The molecule has 1 aliphatic heterocycles. The highest BCUT2D eigenvalue weighted by atomic mass is 16.5. The van der Waals surface area contributed by atoms with Gasteiger partial charge < -0.3 is 9.84 Å². The zero-order valence-corrected chi connectivity index (χ0v) is 17.0. The number of hydrogen-bond donors (Lipinski definition) is 1. The number of aliphatic hydroxyl groups is 1. The number of benzene rings is 3. The number of carbonyl (C=O) groups excluding carboxylic acids is 2. The number of carbonyl (C=O) groups is 2. The Labute approximate surface area is 179 Å². The van der Waals surface area contributed by atoms with Crippen LogP contribution < -0.4 is 9.64 Å². The predicted molar refractivity (Wildman–Crippen MR) is 115 cm³/mol. The van der Waals surface area contributed by atoms with Crippen LogP contribution in [0.3, 0.4) is 0 Å². The molecule has 0 aromatic heterocycles. The number of para-hydroxylation sites is 2. The molecule has 3 aromatic carbocycles. The van der Waals surface area contributed by atoms with Gasteiger partial charge >= 0.3 is 0 Å². The fourth-order valence-corrected chi connectivity index (χ4v) is 6.25. The summed E-state index contributed by atoms with van der Waals surface area (Å²) in [4.78, 5) is 29.1. The van der Waals surface area contributed by atoms with E-state index in [1.165, 1.54) is 12.0 Å². The van der Waals surface area contributed by atoms with E-state index in [0.29, 0.717) is 11.4 Å². The van der Waals surface area contributed by atoms with E-state index in [1.54, 1.807) is 18.2 Å². The second-order valence-electron chi connectivity index (χ2n) is 8.47. The van der Waals surface area contributed by atoms with Gasteiger partial charge in [0.1, 0.15) is 5.75 Å². The van der Waals surface area contributed by atoms with Crippen LogP contribution in [0, 0.1) is 11.8 Å². The first kappa shape index (κ1) is 18.3. The molecule has 1 heterocycles. The quantitative estimate of drug-likeness (QED) is 0.672. The maximum absolute atomic E-state index is 13.9. The van der Waals surface area contributed by atoms with Crippen LogP contribution in [0.5, 0.6) is 5.75 Å². The summed E-state index contributed by atoms with van der Waals surface area (Å²) >= 11 is 0. The van der Waals surface area contributed by atoms with Crippen molar-refractivity contribution in [3.05, 3.63) is 95.1 Å². The van der Waals surface area contributed by atoms with Gasteiger partial charge in [0, 0.05) is 5.92 Å². The molecule has 2 atom stereocenters. The van der Waals surface area contributed by atoms with Gasteiger partial charge in [0.25, 0.3) is 0 Å². The summed E-state index contributed by atoms with van der Waals surface area (Å²) in [6.45, 7) is -0.242. The molecule has 0 saturated carbocycles. The van der Waals surface area contributed by atoms with Gasteiger partial charge in [-0.25, -0.2) is 4.90 Å². The molecule has 2 amide bonds. The molecule has 3 aromatic rings. The molecule has 5 nitrogen and oxygen atoms in total. The molecule has 2 unspecified atom stereocenters. The minimum atomic E-state index is -0.948. The highest BCUT2D eigenvalue weighted by Gasteiger charge is 2.68. The average Bonchev–Trinajstić information content (AvgIpc) is 3.09. The maximum Gasteiger partial charge on any atom is 0.239 e. The molecule has 1 fully saturated rings. The van der Waals surface area contributed by atoms with E-state index >= 15 is 0 Å². The van der Waals surface area contributed by atoms with E-state index in [4.69, 9.17) is 4.74 Å². The van der Waals surface area contributed by atoms with Crippen molar-refractivity contribution in [3.63, 3.8) is 0 Å². The first-order valence-corrected chi connectivity index (χ1v) is 10.5. The summed E-state index contributed by atoms with van der Waals surface area (Å²) in [5.41, 5.74) is 3.46. The van der Waals surface area contributed by atoms with Crippen LogP contribution in [0.2, 0.25) is 0 Å². The molecule has 4 aliphatic rings. The Bertz CT molecular complexity index is 1200. The number of methoxy groups -OCH3 is 1. The number of anilines is 1. The largest absolute Gasteiger partial charge is 0.495 e. The van der Waals surface area contributed by atoms with Gasteiger partial charge in [-0.05, 0) is 34.4 Å². The SMILES string of the molecule is COc1ccccc1N1C(=O)C2C3c4ccccc4C(CO)(c4ccccc43)C2C1=O. The van der Waals surface area contributed by atoms with Gasteiger partial charge in [0.2, 0.25) is 11.8 Å². The lowest BCUT2D eigenvalue weighted by Crippen LogP contribution is -2.55. The zero-order valence-electron chi connectivity index (χ0n) is 17.0. The fraction of sp³-hybridized carbons (Fsp3) is 0.231. The smallest absolute Gasteiger partial charge is 0.239 e. The van der Waals surface area contributed by atoms with Crippen molar-refractivity contribution in [3.8, 4) is 5.75 Å². The van der Waals surface area contributed by atoms with Gasteiger partial charge in [-0.1, -0.05) is 60.7 Å². The van der Waals surface area contributed by atoms with Crippen LogP contribution in [0.15, 0.2) is 72.8 Å². The van der Waals surface area contributed by atoms with Crippen LogP contribution >= 0.6 is 0 Å². The van der Waals surface area contributed by atoms with E-state index in [1.807, 2.05) is 54.6 Å². The molecule has 1 N–H and O–H groups in total. The highest BCUT2D eigenvalue weighted by Crippen LogP contribution is 2.64. The van der Waals surface area contributed by atoms with Crippen LogP contribution in [-0.4, -0.2) is 30.6 Å². The van der Waals surface area contributed by atoms with Crippen molar-refractivity contribution in [1.82, 2.24) is 0 Å². The second kappa shape index (κ2) is 6.28. The predicted octanol–water partition coefficient (Wildman–Crippen LogP) is 3.24. The topological polar surface area (TPSA) is 66.8 Å². The molecule has 0 radical (unpaired) electrons. The Morgan fingerprint density at radius 3 is 2.06 bits per heavy atom. The summed E-state index contributed by atoms with van der Waals surface area (Å²) in [5.74, 6) is -1.47. The lowest BCUT2D eigenvalue weighted by molar-refractivity contribution is -0.124. The van der Waals surface area contributed by atoms with Gasteiger partial charge in [-0.3, -0.25) is 9.59 Å². The number of rotatable bonds is 3. The number of hydrogen-bond acceptors (Lipinski definition) is 4. The van der Waals surface area contributed by atoms with Crippen molar-refractivity contribution >= 4 is 17.5 Å². The normalized spacial score (nSPS) is 27.7. The van der Waals surface area contributed by atoms with Crippen LogP contribution in [-0.2, 0) is 15.0 Å². The van der Waals surface area contributed by atoms with Crippen LogP contribution in [0.1, 0.15) is 28.2 Å². The van der Waals surface area contributed by atoms with Gasteiger partial charge in [0.15, 0.2) is 0 Å². The van der Waals surface area contributed by atoms with Crippen LogP contribution in [0.4, 0.5) is 5.69 Å². The maximum atomic E-state index is 13.9. The zero-order chi connectivity index (χ0) is 21.3. The lowest BCUT2D eigenvalue weighted by Gasteiger charge is -2.53. The monoisotopic (exact) mass is 411 g/mol. The van der Waals surface area contributed by atoms with Crippen molar-refractivity contribution in [2.75, 3.05) is 18.6 Å². The summed E-state index contributed by atoms with van der Waals surface area (Å²) in [6.07, 6.45) is 0. The number of amides is 2. The molecule has 7 rings (SSSR count). The van der Waals surface area contributed by atoms with Gasteiger partial charge in [0.05, 0.1) is 36.7 Å². The Kier molecular flexibility index (Phi) is 3.72. The number of nitrogens with zero attached hydrogens (tertiary/aromatic N) is 1. The van der Waals surface area contributed by atoms with E-state index in [2.05, 4.69) is 0 Å². The summed E-state index contributed by atoms with van der Waals surface area (Å²) in [6, 6.07) is 22.9. The summed E-state index contributed by atoms with van der Waals surface area (Å²) in [7, 11) is 1.53. The number of aliphatic hydroxyl groups excluding tert-OH is 1. The third-order valence-corrected chi connectivity index (χ3v) is 7.37. The number of ether oxygens (including phenoxy) is 1. The third-order valence-electron chi connectivity index (χ3n) is 7.37. The minimum absolute atomic E-state index is 0.220. The fourth-order valence-electron chi connectivity index (χ4n) is 6.25.